The Labute approximate surface area is 135 Å². The van der Waals surface area contributed by atoms with E-state index in [0.717, 1.165) is 11.1 Å². The van der Waals surface area contributed by atoms with Crippen LogP contribution in [0.15, 0.2) is 34.4 Å². The van der Waals surface area contributed by atoms with Gasteiger partial charge >= 0.3 is 0 Å². The van der Waals surface area contributed by atoms with Gasteiger partial charge in [-0.25, -0.2) is 0 Å². The second kappa shape index (κ2) is 7.42. The first-order chi connectivity index (χ1) is 10.5. The van der Waals surface area contributed by atoms with E-state index in [1.807, 2.05) is 20.9 Å². The lowest BCUT2D eigenvalue weighted by Crippen LogP contribution is -2.22. The van der Waals surface area contributed by atoms with Gasteiger partial charge in [0.2, 0.25) is 5.82 Å². The number of benzene rings is 1. The molecule has 1 aromatic carbocycles. The van der Waals surface area contributed by atoms with Gasteiger partial charge in [0, 0.05) is 16.6 Å². The zero-order valence-electron chi connectivity index (χ0n) is 13.2. The second-order valence-corrected chi connectivity index (χ2v) is 5.51. The number of nitrogens with one attached hydrogen (secondary N) is 1. The van der Waals surface area contributed by atoms with Crippen LogP contribution in [0.2, 0.25) is 5.02 Å². The minimum atomic E-state index is 0.249. The Morgan fingerprint density at radius 2 is 2.00 bits per heavy atom. The molecular weight excluding hydrogens is 302 g/mol. The summed E-state index contributed by atoms with van der Waals surface area (Å²) in [6.07, 6.45) is 0. The van der Waals surface area contributed by atoms with E-state index in [1.165, 1.54) is 0 Å². The minimum Gasteiger partial charge on any atom is -0.485 e. The maximum Gasteiger partial charge on any atom is 0.253 e. The molecule has 1 atom stereocenters. The van der Waals surface area contributed by atoms with E-state index in [1.54, 1.807) is 24.3 Å². The number of aromatic nitrogens is 2. The molecule has 1 unspecified atom stereocenters. The molecule has 6 heteroatoms. The Balaban J connectivity index is 2.04. The lowest BCUT2D eigenvalue weighted by atomic mass is 10.1. The van der Waals surface area contributed by atoms with Gasteiger partial charge in [-0.2, -0.15) is 4.98 Å². The molecule has 0 aliphatic heterocycles. The summed E-state index contributed by atoms with van der Waals surface area (Å²) in [6.45, 7) is 6.35. The van der Waals surface area contributed by atoms with Crippen molar-refractivity contribution in [3.63, 3.8) is 0 Å². The first kappa shape index (κ1) is 16.5. The third-order valence-electron chi connectivity index (χ3n) is 3.64. The van der Waals surface area contributed by atoms with E-state index in [-0.39, 0.29) is 12.6 Å². The fourth-order valence-corrected chi connectivity index (χ4v) is 1.98. The van der Waals surface area contributed by atoms with Crippen molar-refractivity contribution in [2.45, 2.75) is 33.4 Å². The molecule has 2 rings (SSSR count). The van der Waals surface area contributed by atoms with Crippen LogP contribution in [0.4, 0.5) is 0 Å². The molecule has 0 aliphatic carbocycles. The van der Waals surface area contributed by atoms with Crippen molar-refractivity contribution >= 4 is 17.2 Å². The van der Waals surface area contributed by atoms with E-state index in [2.05, 4.69) is 22.4 Å². The van der Waals surface area contributed by atoms with E-state index >= 15 is 0 Å². The average Bonchev–Trinajstić information content (AvgIpc) is 3.01. The Morgan fingerprint density at radius 3 is 2.64 bits per heavy atom. The molecule has 5 nitrogen and oxygen atoms in total. The van der Waals surface area contributed by atoms with E-state index in [4.69, 9.17) is 20.9 Å². The predicted octanol–water partition coefficient (Wildman–Crippen LogP) is 3.70. The predicted molar refractivity (Wildman–Crippen MR) is 86.9 cm³/mol. The fourth-order valence-electron chi connectivity index (χ4n) is 1.85. The molecule has 118 valence electrons. The zero-order chi connectivity index (χ0) is 16.1. The maximum atomic E-state index is 5.83. The number of nitrogens with zero attached hydrogens (tertiary/aromatic N) is 2. The van der Waals surface area contributed by atoms with Crippen LogP contribution in [0.1, 0.15) is 32.5 Å². The quantitative estimate of drug-likeness (QED) is 0.879. The highest BCUT2D eigenvalue weighted by Gasteiger charge is 2.13. The summed E-state index contributed by atoms with van der Waals surface area (Å²) in [5.74, 6) is 1.74. The lowest BCUT2D eigenvalue weighted by molar-refractivity contribution is 0.286. The molecule has 1 aromatic heterocycles. The molecule has 22 heavy (non-hydrogen) atoms. The molecule has 0 aliphatic rings. The summed E-state index contributed by atoms with van der Waals surface area (Å²) in [4.78, 5) is 4.37. The Morgan fingerprint density at radius 1 is 1.32 bits per heavy atom. The molecular formula is C16H20ClN3O2. The third-order valence-corrected chi connectivity index (χ3v) is 3.90. The van der Waals surface area contributed by atoms with Crippen LogP contribution in [-0.4, -0.2) is 23.2 Å². The zero-order valence-corrected chi connectivity index (χ0v) is 13.9. The molecule has 0 bridgehead atoms. The van der Waals surface area contributed by atoms with Crippen LogP contribution in [0.25, 0.3) is 5.57 Å². The van der Waals surface area contributed by atoms with Gasteiger partial charge in [0.15, 0.2) is 6.61 Å². The number of allylic oxidation sites excluding steroid dienone is 1. The molecule has 2 aromatic rings. The summed E-state index contributed by atoms with van der Waals surface area (Å²) in [5, 5.41) is 7.81. The van der Waals surface area contributed by atoms with E-state index < -0.39 is 0 Å². The van der Waals surface area contributed by atoms with Gasteiger partial charge in [-0.3, -0.25) is 0 Å². The highest BCUT2D eigenvalue weighted by atomic mass is 35.5. The van der Waals surface area contributed by atoms with Crippen LogP contribution in [-0.2, 0) is 6.61 Å². The molecule has 1 N–H and O–H groups in total. The van der Waals surface area contributed by atoms with Gasteiger partial charge in [0.25, 0.3) is 5.89 Å². The van der Waals surface area contributed by atoms with Crippen LogP contribution >= 0.6 is 11.6 Å². The molecule has 0 spiro atoms. The monoisotopic (exact) mass is 321 g/mol. The summed E-state index contributed by atoms with van der Waals surface area (Å²) < 4.78 is 10.9. The number of halogens is 1. The standard InChI is InChI=1S/C16H20ClN3O2/c1-10(12(3)18-4)11(2)16-19-15(20-22-16)9-21-14-7-5-13(17)6-8-14/h5-8,12,18H,9H2,1-4H3/b11-10-. The fraction of sp³-hybridized carbons (Fsp3) is 0.375. The topological polar surface area (TPSA) is 60.2 Å². The molecule has 0 amide bonds. The Bertz CT molecular complexity index is 650. The summed E-state index contributed by atoms with van der Waals surface area (Å²) >= 11 is 5.83. The molecule has 0 saturated heterocycles. The highest BCUT2D eigenvalue weighted by molar-refractivity contribution is 6.30. The van der Waals surface area contributed by atoms with Crippen molar-refractivity contribution in [2.24, 2.45) is 0 Å². The minimum absolute atomic E-state index is 0.249. The normalized spacial score (nSPS) is 13.7. The second-order valence-electron chi connectivity index (χ2n) is 5.08. The number of ether oxygens (including phenoxy) is 1. The van der Waals surface area contributed by atoms with Gasteiger partial charge in [-0.15, -0.1) is 0 Å². The number of likely N-dealkylation sites (N-methyl/N-ethyl adjacent to an activating group) is 1. The molecule has 1 heterocycles. The number of hydrogen-bond acceptors (Lipinski definition) is 5. The van der Waals surface area contributed by atoms with Gasteiger partial charge in [-0.1, -0.05) is 16.8 Å². The van der Waals surface area contributed by atoms with Crippen LogP contribution < -0.4 is 10.1 Å². The largest absolute Gasteiger partial charge is 0.485 e. The van der Waals surface area contributed by atoms with E-state index in [0.29, 0.717) is 22.5 Å². The van der Waals surface area contributed by atoms with Crippen LogP contribution in [0, 0.1) is 0 Å². The number of rotatable bonds is 6. The Kier molecular flexibility index (Phi) is 5.57. The molecule has 0 fully saturated rings. The van der Waals surface area contributed by atoms with Gasteiger partial charge in [0.1, 0.15) is 5.75 Å². The van der Waals surface area contributed by atoms with Crippen molar-refractivity contribution in [3.8, 4) is 5.75 Å². The van der Waals surface area contributed by atoms with Crippen molar-refractivity contribution in [2.75, 3.05) is 7.05 Å². The average molecular weight is 322 g/mol. The summed E-state index contributed by atoms with van der Waals surface area (Å²) in [5.41, 5.74) is 2.14. The first-order valence-electron chi connectivity index (χ1n) is 7.07. The summed E-state index contributed by atoms with van der Waals surface area (Å²) in [6, 6.07) is 7.39. The smallest absolute Gasteiger partial charge is 0.253 e. The maximum absolute atomic E-state index is 5.83. The SMILES string of the molecule is CNC(C)/C(C)=C(/C)c1nc(COc2ccc(Cl)cc2)no1. The van der Waals surface area contributed by atoms with Gasteiger partial charge in [-0.05, 0) is 57.7 Å². The third kappa shape index (κ3) is 4.08. The first-order valence-corrected chi connectivity index (χ1v) is 7.45. The Hall–Kier alpha value is -1.85. The molecule has 0 saturated carbocycles. The number of hydrogen-bond donors (Lipinski definition) is 1. The lowest BCUT2D eigenvalue weighted by Gasteiger charge is -2.12. The van der Waals surface area contributed by atoms with Crippen LogP contribution in [0.3, 0.4) is 0 Å². The summed E-state index contributed by atoms with van der Waals surface area (Å²) in [7, 11) is 1.92. The molecule has 0 radical (unpaired) electrons. The van der Waals surface area contributed by atoms with Crippen molar-refractivity contribution < 1.29 is 9.26 Å². The highest BCUT2D eigenvalue weighted by Crippen LogP contribution is 2.20. The van der Waals surface area contributed by atoms with Crippen LogP contribution in [0.5, 0.6) is 5.75 Å². The van der Waals surface area contributed by atoms with Crippen molar-refractivity contribution in [1.29, 1.82) is 0 Å². The van der Waals surface area contributed by atoms with Gasteiger partial charge < -0.3 is 14.6 Å². The van der Waals surface area contributed by atoms with E-state index in [9.17, 15) is 0 Å². The van der Waals surface area contributed by atoms with Gasteiger partial charge in [0.05, 0.1) is 0 Å². The van der Waals surface area contributed by atoms with Crippen molar-refractivity contribution in [3.05, 3.63) is 46.6 Å². The van der Waals surface area contributed by atoms with Crippen molar-refractivity contribution in [1.82, 2.24) is 15.5 Å².